The Hall–Kier alpha value is -2.48. The number of hydrogen-bond donors (Lipinski definition) is 0. The molecule has 1 atom stereocenters. The first kappa shape index (κ1) is 25.1. The van der Waals surface area contributed by atoms with Gasteiger partial charge < -0.3 is 0 Å². The van der Waals surface area contributed by atoms with E-state index in [4.69, 9.17) is 0 Å². The fourth-order valence-corrected chi connectivity index (χ4v) is 4.73. The number of ketones is 2. The Bertz CT molecular complexity index is 1020. The average molecular weight is 445 g/mol. The largest absolute Gasteiger partial charge is 0.289 e. The van der Waals surface area contributed by atoms with Crippen molar-refractivity contribution in [1.29, 1.82) is 0 Å². The highest BCUT2D eigenvalue weighted by Gasteiger charge is 2.29. The molecule has 0 saturated heterocycles. The van der Waals surface area contributed by atoms with Gasteiger partial charge in [-0.25, -0.2) is 0 Å². The van der Waals surface area contributed by atoms with Crippen molar-refractivity contribution >= 4 is 11.6 Å². The number of fused-ring (bicyclic) bond motifs is 2. The van der Waals surface area contributed by atoms with Crippen LogP contribution in [0.25, 0.3) is 0 Å². The zero-order chi connectivity index (χ0) is 24.0. The number of carbonyl (C=O) groups excluding carboxylic acids is 2. The van der Waals surface area contributed by atoms with Crippen LogP contribution in [0.4, 0.5) is 0 Å². The summed E-state index contributed by atoms with van der Waals surface area (Å²) in [6.45, 7) is 11.1. The Kier molecular flexibility index (Phi) is 8.83. The van der Waals surface area contributed by atoms with E-state index in [-0.39, 0.29) is 11.6 Å². The third-order valence-electron chi connectivity index (χ3n) is 6.77. The lowest BCUT2D eigenvalue weighted by Gasteiger charge is -2.19. The van der Waals surface area contributed by atoms with Gasteiger partial charge in [-0.2, -0.15) is 0 Å². The molecule has 1 unspecified atom stereocenters. The minimum Gasteiger partial charge on any atom is -0.289 e. The molecule has 176 valence electrons. The summed E-state index contributed by atoms with van der Waals surface area (Å²) in [5, 5.41) is 0. The second-order valence-corrected chi connectivity index (χ2v) is 10.6. The second-order valence-electron chi connectivity index (χ2n) is 10.6. The quantitative estimate of drug-likeness (QED) is 0.280. The van der Waals surface area contributed by atoms with Gasteiger partial charge in [0, 0.05) is 22.3 Å². The van der Waals surface area contributed by atoms with Crippen molar-refractivity contribution in [3.8, 4) is 0 Å². The van der Waals surface area contributed by atoms with Gasteiger partial charge in [-0.05, 0) is 87.5 Å². The van der Waals surface area contributed by atoms with Crippen LogP contribution in [-0.2, 0) is 12.8 Å². The standard InChI is InChI=1S/C31H40O2/c1-21(2)9-6-11-23(5)12-8-14-25-16-18-27-29(20-25)31(33)28-19-24(13-7-10-22(3)4)15-17-26(28)30(27)32/h9,15-20,22-23H,6-8,10-14H2,1-5H3. The zero-order valence-corrected chi connectivity index (χ0v) is 21.2. The molecule has 0 aromatic heterocycles. The van der Waals surface area contributed by atoms with Gasteiger partial charge in [0.05, 0.1) is 0 Å². The van der Waals surface area contributed by atoms with Crippen LogP contribution in [-0.4, -0.2) is 11.6 Å². The molecule has 2 aromatic rings. The number of carbonyl (C=O) groups is 2. The predicted molar refractivity (Wildman–Crippen MR) is 138 cm³/mol. The SMILES string of the molecule is CC(C)=CCCC(C)CCCc1ccc2c(c1)C(=O)c1cc(CCCC(C)C)ccc1C2=O. The zero-order valence-electron chi connectivity index (χ0n) is 21.2. The minimum absolute atomic E-state index is 0.00208. The molecule has 0 saturated carbocycles. The number of allylic oxidation sites excluding steroid dienone is 2. The Morgan fingerprint density at radius 1 is 0.727 bits per heavy atom. The summed E-state index contributed by atoms with van der Waals surface area (Å²) >= 11 is 0. The minimum atomic E-state index is -0.0206. The second kappa shape index (κ2) is 11.6. The van der Waals surface area contributed by atoms with E-state index >= 15 is 0 Å². The first-order chi connectivity index (χ1) is 15.8. The van der Waals surface area contributed by atoms with Crippen LogP contribution in [0.2, 0.25) is 0 Å². The van der Waals surface area contributed by atoms with Crippen molar-refractivity contribution in [3.05, 3.63) is 81.4 Å². The Morgan fingerprint density at radius 3 is 1.76 bits per heavy atom. The van der Waals surface area contributed by atoms with Crippen LogP contribution in [0, 0.1) is 11.8 Å². The first-order valence-electron chi connectivity index (χ1n) is 12.7. The normalized spacial score (nSPS) is 13.6. The molecule has 2 aromatic carbocycles. The molecule has 1 aliphatic rings. The maximum absolute atomic E-state index is 13.3. The number of hydrogen-bond acceptors (Lipinski definition) is 2. The lowest BCUT2D eigenvalue weighted by Crippen LogP contribution is -2.21. The van der Waals surface area contributed by atoms with Crippen LogP contribution in [0.15, 0.2) is 48.0 Å². The lowest BCUT2D eigenvalue weighted by atomic mass is 9.82. The highest BCUT2D eigenvalue weighted by Crippen LogP contribution is 2.30. The van der Waals surface area contributed by atoms with Gasteiger partial charge in [-0.3, -0.25) is 9.59 Å². The molecule has 1 aliphatic carbocycles. The molecule has 33 heavy (non-hydrogen) atoms. The van der Waals surface area contributed by atoms with Crippen LogP contribution in [0.3, 0.4) is 0 Å². The van der Waals surface area contributed by atoms with Gasteiger partial charge in [0.1, 0.15) is 0 Å². The van der Waals surface area contributed by atoms with Gasteiger partial charge in [-0.15, -0.1) is 0 Å². The van der Waals surface area contributed by atoms with E-state index in [2.05, 4.69) is 40.7 Å². The highest BCUT2D eigenvalue weighted by molar-refractivity contribution is 6.28. The van der Waals surface area contributed by atoms with Crippen molar-refractivity contribution in [2.75, 3.05) is 0 Å². The van der Waals surface area contributed by atoms with Gasteiger partial charge >= 0.3 is 0 Å². The van der Waals surface area contributed by atoms with Crippen LogP contribution >= 0.6 is 0 Å². The average Bonchev–Trinajstić information content (AvgIpc) is 2.77. The van der Waals surface area contributed by atoms with E-state index in [1.807, 2.05) is 36.4 Å². The molecule has 0 spiro atoms. The number of benzene rings is 2. The molecule has 0 fully saturated rings. The third kappa shape index (κ3) is 6.76. The molecule has 0 aliphatic heterocycles. The third-order valence-corrected chi connectivity index (χ3v) is 6.77. The summed E-state index contributed by atoms with van der Waals surface area (Å²) < 4.78 is 0. The van der Waals surface area contributed by atoms with Crippen molar-refractivity contribution in [2.45, 2.75) is 86.0 Å². The summed E-state index contributed by atoms with van der Waals surface area (Å²) in [5.74, 6) is 1.36. The van der Waals surface area contributed by atoms with Gasteiger partial charge in [0.2, 0.25) is 0 Å². The van der Waals surface area contributed by atoms with E-state index in [0.29, 0.717) is 34.1 Å². The Labute approximate surface area is 200 Å². The molecule has 0 radical (unpaired) electrons. The molecule has 2 heteroatoms. The first-order valence-corrected chi connectivity index (χ1v) is 12.7. The van der Waals surface area contributed by atoms with Gasteiger partial charge in [0.15, 0.2) is 11.6 Å². The van der Waals surface area contributed by atoms with Gasteiger partial charge in [-0.1, -0.05) is 69.5 Å². The predicted octanol–water partition coefficient (Wildman–Crippen LogP) is 8.15. The molecule has 0 amide bonds. The van der Waals surface area contributed by atoms with E-state index in [1.165, 1.54) is 24.8 Å². The van der Waals surface area contributed by atoms with Crippen molar-refractivity contribution in [1.82, 2.24) is 0 Å². The summed E-state index contributed by atoms with van der Waals surface area (Å²) in [4.78, 5) is 26.4. The maximum Gasteiger partial charge on any atom is 0.194 e. The molecule has 2 nitrogen and oxygen atoms in total. The molecule has 0 N–H and O–H groups in total. The molecule has 0 bridgehead atoms. The van der Waals surface area contributed by atoms with E-state index in [1.54, 1.807) is 0 Å². The van der Waals surface area contributed by atoms with Gasteiger partial charge in [0.25, 0.3) is 0 Å². The Balaban J connectivity index is 1.66. The lowest BCUT2D eigenvalue weighted by molar-refractivity contribution is 0.0979. The monoisotopic (exact) mass is 444 g/mol. The van der Waals surface area contributed by atoms with E-state index < -0.39 is 0 Å². The topological polar surface area (TPSA) is 34.1 Å². The molecular formula is C31H40O2. The van der Waals surface area contributed by atoms with Crippen LogP contribution in [0.1, 0.15) is 116 Å². The summed E-state index contributed by atoms with van der Waals surface area (Å²) in [5.41, 5.74) is 5.97. The molecular weight excluding hydrogens is 404 g/mol. The van der Waals surface area contributed by atoms with Crippen LogP contribution < -0.4 is 0 Å². The van der Waals surface area contributed by atoms with E-state index in [9.17, 15) is 9.59 Å². The fourth-order valence-electron chi connectivity index (χ4n) is 4.73. The molecule has 3 rings (SSSR count). The maximum atomic E-state index is 13.3. The smallest absolute Gasteiger partial charge is 0.194 e. The van der Waals surface area contributed by atoms with Crippen molar-refractivity contribution in [3.63, 3.8) is 0 Å². The highest BCUT2D eigenvalue weighted by atomic mass is 16.1. The number of rotatable bonds is 11. The molecule has 0 heterocycles. The Morgan fingerprint density at radius 2 is 1.24 bits per heavy atom. The summed E-state index contributed by atoms with van der Waals surface area (Å²) in [7, 11) is 0. The fraction of sp³-hybridized carbons (Fsp3) is 0.484. The summed E-state index contributed by atoms with van der Waals surface area (Å²) in [6.07, 6.45) is 11.1. The van der Waals surface area contributed by atoms with Crippen LogP contribution in [0.5, 0.6) is 0 Å². The number of aryl methyl sites for hydroxylation is 2. The summed E-state index contributed by atoms with van der Waals surface area (Å²) in [6, 6.07) is 11.7. The van der Waals surface area contributed by atoms with Crippen molar-refractivity contribution in [2.24, 2.45) is 11.8 Å². The van der Waals surface area contributed by atoms with Crippen molar-refractivity contribution < 1.29 is 9.59 Å². The van der Waals surface area contributed by atoms with E-state index in [0.717, 1.165) is 43.2 Å².